The largest absolute Gasteiger partial charge is 0.497 e. The summed E-state index contributed by atoms with van der Waals surface area (Å²) < 4.78 is 5.18. The van der Waals surface area contributed by atoms with Gasteiger partial charge in [0.25, 0.3) is 0 Å². The molecule has 0 atom stereocenters. The molecule has 0 unspecified atom stereocenters. The molecule has 1 saturated heterocycles. The number of nitrogens with one attached hydrogen (secondary N) is 2. The smallest absolute Gasteiger partial charge is 0.321 e. The molecule has 0 spiro atoms. The number of amides is 3. The topological polar surface area (TPSA) is 70.7 Å². The Labute approximate surface area is 165 Å². The quantitative estimate of drug-likeness (QED) is 0.781. The van der Waals surface area contributed by atoms with Crippen LogP contribution in [-0.4, -0.2) is 37.0 Å². The summed E-state index contributed by atoms with van der Waals surface area (Å²) in [6, 6.07) is 16.8. The van der Waals surface area contributed by atoms with E-state index < -0.39 is 0 Å². The van der Waals surface area contributed by atoms with Gasteiger partial charge in [0.15, 0.2) is 0 Å². The van der Waals surface area contributed by atoms with Crippen molar-refractivity contribution in [1.29, 1.82) is 0 Å². The van der Waals surface area contributed by atoms with Crippen molar-refractivity contribution >= 4 is 23.3 Å². The molecule has 1 aliphatic heterocycles. The minimum Gasteiger partial charge on any atom is -0.497 e. The molecule has 0 bridgehead atoms. The molecule has 2 aromatic rings. The van der Waals surface area contributed by atoms with Crippen LogP contribution in [0.3, 0.4) is 0 Å². The van der Waals surface area contributed by atoms with Crippen molar-refractivity contribution in [2.45, 2.75) is 25.7 Å². The van der Waals surface area contributed by atoms with Gasteiger partial charge in [0.1, 0.15) is 5.75 Å². The minimum atomic E-state index is -0.0893. The van der Waals surface area contributed by atoms with Gasteiger partial charge in [-0.1, -0.05) is 24.3 Å². The number of piperidine rings is 1. The minimum absolute atomic E-state index is 0.0457. The first-order valence-electron chi connectivity index (χ1n) is 9.69. The average molecular weight is 381 g/mol. The molecule has 0 radical (unpaired) electrons. The van der Waals surface area contributed by atoms with Crippen molar-refractivity contribution in [3.63, 3.8) is 0 Å². The first kappa shape index (κ1) is 19.7. The van der Waals surface area contributed by atoms with Crippen molar-refractivity contribution in [3.8, 4) is 5.75 Å². The van der Waals surface area contributed by atoms with Crippen LogP contribution in [0.25, 0.3) is 0 Å². The third-order valence-electron chi connectivity index (χ3n) is 5.06. The number of para-hydroxylation sites is 1. The van der Waals surface area contributed by atoms with E-state index in [1.54, 1.807) is 13.2 Å². The molecular weight excluding hydrogens is 354 g/mol. The molecule has 2 N–H and O–H groups in total. The van der Waals surface area contributed by atoms with Crippen molar-refractivity contribution in [2.24, 2.45) is 5.92 Å². The number of benzene rings is 2. The average Bonchev–Trinajstić information content (AvgIpc) is 2.73. The van der Waals surface area contributed by atoms with Gasteiger partial charge in [-0.05, 0) is 49.4 Å². The lowest BCUT2D eigenvalue weighted by molar-refractivity contribution is -0.116. The molecule has 28 heavy (non-hydrogen) atoms. The Morgan fingerprint density at radius 3 is 2.43 bits per heavy atom. The van der Waals surface area contributed by atoms with E-state index in [4.69, 9.17) is 4.74 Å². The van der Waals surface area contributed by atoms with Crippen LogP contribution in [-0.2, 0) is 4.79 Å². The standard InChI is InChI=1S/C22H27N3O3/c1-28-20-9-5-8-19(16-20)24-22(27)25-14-12-17(13-15-25)10-11-21(26)23-18-6-3-2-4-7-18/h2-9,16-17H,10-15H2,1H3,(H,23,26)(H,24,27). The van der Waals surface area contributed by atoms with Crippen molar-refractivity contribution in [2.75, 3.05) is 30.8 Å². The van der Waals surface area contributed by atoms with E-state index in [1.807, 2.05) is 53.4 Å². The van der Waals surface area contributed by atoms with E-state index in [9.17, 15) is 9.59 Å². The number of ether oxygens (including phenoxy) is 1. The number of carbonyl (C=O) groups is 2. The summed E-state index contributed by atoms with van der Waals surface area (Å²) in [4.78, 5) is 26.4. The predicted octanol–water partition coefficient (Wildman–Crippen LogP) is 4.36. The number of hydrogen-bond donors (Lipinski definition) is 2. The Morgan fingerprint density at radius 2 is 1.71 bits per heavy atom. The summed E-state index contributed by atoms with van der Waals surface area (Å²) >= 11 is 0. The molecule has 2 aromatic carbocycles. The van der Waals surface area contributed by atoms with Gasteiger partial charge in [-0.3, -0.25) is 4.79 Å². The van der Waals surface area contributed by atoms with E-state index >= 15 is 0 Å². The Balaban J connectivity index is 1.39. The Bertz CT molecular complexity index is 787. The molecule has 0 aromatic heterocycles. The number of hydrogen-bond acceptors (Lipinski definition) is 3. The maximum absolute atomic E-state index is 12.5. The maximum Gasteiger partial charge on any atom is 0.321 e. The van der Waals surface area contributed by atoms with E-state index in [0.717, 1.165) is 30.6 Å². The zero-order valence-electron chi connectivity index (χ0n) is 16.2. The van der Waals surface area contributed by atoms with Crippen LogP contribution < -0.4 is 15.4 Å². The summed E-state index contributed by atoms with van der Waals surface area (Å²) in [5.41, 5.74) is 1.56. The van der Waals surface area contributed by atoms with Crippen LogP contribution >= 0.6 is 0 Å². The van der Waals surface area contributed by atoms with Crippen LogP contribution in [0, 0.1) is 5.92 Å². The fourth-order valence-corrected chi connectivity index (χ4v) is 3.41. The monoisotopic (exact) mass is 381 g/mol. The maximum atomic E-state index is 12.5. The molecule has 1 fully saturated rings. The Hall–Kier alpha value is -3.02. The van der Waals surface area contributed by atoms with Gasteiger partial charge in [0.2, 0.25) is 5.91 Å². The molecule has 1 aliphatic rings. The van der Waals surface area contributed by atoms with Crippen LogP contribution in [0.15, 0.2) is 54.6 Å². The first-order chi connectivity index (χ1) is 13.6. The van der Waals surface area contributed by atoms with Crippen LogP contribution in [0.5, 0.6) is 5.75 Å². The number of likely N-dealkylation sites (tertiary alicyclic amines) is 1. The second-order valence-electron chi connectivity index (χ2n) is 7.05. The highest BCUT2D eigenvalue weighted by Gasteiger charge is 2.23. The van der Waals surface area contributed by atoms with Gasteiger partial charge in [0.05, 0.1) is 7.11 Å². The van der Waals surface area contributed by atoms with E-state index in [0.29, 0.717) is 31.2 Å². The van der Waals surface area contributed by atoms with Crippen LogP contribution in [0.1, 0.15) is 25.7 Å². The fraction of sp³-hybridized carbons (Fsp3) is 0.364. The van der Waals surface area contributed by atoms with E-state index in [-0.39, 0.29) is 11.9 Å². The number of anilines is 2. The second-order valence-corrected chi connectivity index (χ2v) is 7.05. The summed E-state index contributed by atoms with van der Waals surface area (Å²) in [6.45, 7) is 1.42. The number of urea groups is 1. The molecule has 6 heteroatoms. The van der Waals surface area contributed by atoms with Gasteiger partial charge in [-0.25, -0.2) is 4.79 Å². The summed E-state index contributed by atoms with van der Waals surface area (Å²) in [5.74, 6) is 1.23. The summed E-state index contributed by atoms with van der Waals surface area (Å²) in [5, 5.41) is 5.84. The number of methoxy groups -OCH3 is 1. The molecule has 0 saturated carbocycles. The highest BCUT2D eigenvalue weighted by molar-refractivity contribution is 5.90. The number of rotatable bonds is 6. The Morgan fingerprint density at radius 1 is 1.00 bits per heavy atom. The van der Waals surface area contributed by atoms with Crippen molar-refractivity contribution in [1.82, 2.24) is 4.90 Å². The van der Waals surface area contributed by atoms with Gasteiger partial charge in [0, 0.05) is 37.0 Å². The van der Waals surface area contributed by atoms with Gasteiger partial charge in [-0.2, -0.15) is 0 Å². The lowest BCUT2D eigenvalue weighted by atomic mass is 9.92. The molecule has 148 valence electrons. The van der Waals surface area contributed by atoms with E-state index in [2.05, 4.69) is 10.6 Å². The third-order valence-corrected chi connectivity index (χ3v) is 5.06. The van der Waals surface area contributed by atoms with Gasteiger partial charge < -0.3 is 20.3 Å². The van der Waals surface area contributed by atoms with Crippen molar-refractivity contribution in [3.05, 3.63) is 54.6 Å². The third kappa shape index (κ3) is 5.74. The van der Waals surface area contributed by atoms with Crippen LogP contribution in [0.2, 0.25) is 0 Å². The fourth-order valence-electron chi connectivity index (χ4n) is 3.41. The normalized spacial score (nSPS) is 14.4. The van der Waals surface area contributed by atoms with Gasteiger partial charge >= 0.3 is 6.03 Å². The van der Waals surface area contributed by atoms with E-state index in [1.165, 1.54) is 0 Å². The SMILES string of the molecule is COc1cccc(NC(=O)N2CCC(CCC(=O)Nc3ccccc3)CC2)c1. The molecule has 1 heterocycles. The number of carbonyl (C=O) groups excluding carboxylic acids is 2. The van der Waals surface area contributed by atoms with Crippen LogP contribution in [0.4, 0.5) is 16.2 Å². The van der Waals surface area contributed by atoms with Gasteiger partial charge in [-0.15, -0.1) is 0 Å². The highest BCUT2D eigenvalue weighted by Crippen LogP contribution is 2.23. The molecule has 3 amide bonds. The Kier molecular flexibility index (Phi) is 6.89. The highest BCUT2D eigenvalue weighted by atomic mass is 16.5. The predicted molar refractivity (Wildman–Crippen MR) is 111 cm³/mol. The first-order valence-corrected chi connectivity index (χ1v) is 9.69. The second kappa shape index (κ2) is 9.78. The van der Waals surface area contributed by atoms with Crippen molar-refractivity contribution < 1.29 is 14.3 Å². The zero-order chi connectivity index (χ0) is 19.8. The molecular formula is C22H27N3O3. The molecule has 0 aliphatic carbocycles. The summed E-state index contributed by atoms with van der Waals surface area (Å²) in [6.07, 6.45) is 3.20. The lowest BCUT2D eigenvalue weighted by Gasteiger charge is -2.32. The summed E-state index contributed by atoms with van der Waals surface area (Å²) in [7, 11) is 1.60. The molecule has 3 rings (SSSR count). The number of nitrogens with zero attached hydrogens (tertiary/aromatic N) is 1. The molecule has 6 nitrogen and oxygen atoms in total. The zero-order valence-corrected chi connectivity index (χ0v) is 16.2. The lowest BCUT2D eigenvalue weighted by Crippen LogP contribution is -2.41.